The van der Waals surface area contributed by atoms with Crippen LogP contribution < -0.4 is 4.72 Å². The molecule has 26 heavy (non-hydrogen) atoms. The van der Waals surface area contributed by atoms with Crippen molar-refractivity contribution < 1.29 is 9.53 Å². The normalized spacial score (nSPS) is 11.0. The topological polar surface area (TPSA) is 67.0 Å². The average Bonchev–Trinajstić information content (AvgIpc) is 3.39. The molecule has 0 fully saturated rings. The van der Waals surface area contributed by atoms with Gasteiger partial charge in [-0.2, -0.15) is 0 Å². The summed E-state index contributed by atoms with van der Waals surface area (Å²) >= 11 is 4.71. The predicted octanol–water partition coefficient (Wildman–Crippen LogP) is 5.65. The fourth-order valence-electron chi connectivity index (χ4n) is 2.48. The van der Waals surface area contributed by atoms with Gasteiger partial charge in [-0.25, -0.2) is 9.78 Å². The number of thiophene rings is 1. The molecular formula is C18H15N3O2S3. The Kier molecular flexibility index (Phi) is 4.96. The zero-order chi connectivity index (χ0) is 17.9. The zero-order valence-electron chi connectivity index (χ0n) is 13.8. The van der Waals surface area contributed by atoms with E-state index in [1.54, 1.807) is 35.6 Å². The summed E-state index contributed by atoms with van der Waals surface area (Å²) in [5, 5.41) is 5.64. The molecule has 5 nitrogen and oxygen atoms in total. The van der Waals surface area contributed by atoms with E-state index in [-0.39, 0.29) is 5.97 Å². The van der Waals surface area contributed by atoms with E-state index in [2.05, 4.69) is 32.2 Å². The maximum Gasteiger partial charge on any atom is 0.357 e. The van der Waals surface area contributed by atoms with Crippen molar-refractivity contribution in [3.63, 3.8) is 0 Å². The molecule has 4 rings (SSSR count). The fourth-order valence-corrected chi connectivity index (χ4v) is 4.70. The maximum atomic E-state index is 11.8. The molecule has 0 spiro atoms. The van der Waals surface area contributed by atoms with Gasteiger partial charge < -0.3 is 14.4 Å². The Bertz CT molecular complexity index is 1040. The highest BCUT2D eigenvalue weighted by Crippen LogP contribution is 2.33. The first-order valence-corrected chi connectivity index (χ1v) is 10.5. The van der Waals surface area contributed by atoms with E-state index in [1.807, 2.05) is 24.3 Å². The van der Waals surface area contributed by atoms with E-state index in [0.29, 0.717) is 12.3 Å². The van der Waals surface area contributed by atoms with Crippen LogP contribution >= 0.6 is 34.6 Å². The molecule has 0 unspecified atom stereocenters. The molecule has 0 amide bonds. The number of benzene rings is 1. The number of rotatable bonds is 6. The molecule has 132 valence electrons. The summed E-state index contributed by atoms with van der Waals surface area (Å²) in [7, 11) is 0. The monoisotopic (exact) mass is 401 g/mol. The van der Waals surface area contributed by atoms with Crippen LogP contribution in [0.25, 0.3) is 21.6 Å². The molecule has 0 aliphatic heterocycles. The van der Waals surface area contributed by atoms with Crippen molar-refractivity contribution in [1.82, 2.24) is 9.97 Å². The number of nitrogens with zero attached hydrogens (tertiary/aromatic N) is 1. The van der Waals surface area contributed by atoms with E-state index in [1.165, 1.54) is 15.5 Å². The number of esters is 1. The van der Waals surface area contributed by atoms with Crippen molar-refractivity contribution in [3.05, 3.63) is 52.9 Å². The molecule has 2 N–H and O–H groups in total. The molecule has 0 aliphatic rings. The Labute approximate surface area is 162 Å². The summed E-state index contributed by atoms with van der Waals surface area (Å²) in [6.45, 7) is 2.13. The van der Waals surface area contributed by atoms with E-state index in [9.17, 15) is 4.79 Å². The van der Waals surface area contributed by atoms with Gasteiger partial charge in [-0.05, 0) is 42.5 Å². The zero-order valence-corrected chi connectivity index (χ0v) is 16.3. The van der Waals surface area contributed by atoms with E-state index < -0.39 is 0 Å². The third-order valence-corrected chi connectivity index (χ3v) is 6.37. The lowest BCUT2D eigenvalue weighted by atomic mass is 10.2. The fraction of sp³-hybridized carbons (Fsp3) is 0.111. The molecule has 4 aromatic rings. The van der Waals surface area contributed by atoms with Gasteiger partial charge >= 0.3 is 5.97 Å². The van der Waals surface area contributed by atoms with Crippen molar-refractivity contribution in [1.29, 1.82) is 0 Å². The lowest BCUT2D eigenvalue weighted by Crippen LogP contribution is -2.04. The number of thiazole rings is 1. The van der Waals surface area contributed by atoms with Crippen LogP contribution in [0.2, 0.25) is 0 Å². The van der Waals surface area contributed by atoms with Crippen LogP contribution in [0.4, 0.5) is 5.69 Å². The second-order valence-corrected chi connectivity index (χ2v) is 8.26. The first-order chi connectivity index (χ1) is 12.7. The van der Waals surface area contributed by atoms with Crippen molar-refractivity contribution in [2.45, 2.75) is 11.1 Å². The largest absolute Gasteiger partial charge is 0.461 e. The predicted molar refractivity (Wildman–Crippen MR) is 109 cm³/mol. The molecule has 0 radical (unpaired) electrons. The molecule has 0 aliphatic carbocycles. The molecule has 3 heterocycles. The highest BCUT2D eigenvalue weighted by Gasteiger charge is 2.15. The van der Waals surface area contributed by atoms with Crippen LogP contribution in [0.3, 0.4) is 0 Å². The summed E-state index contributed by atoms with van der Waals surface area (Å²) in [6, 6.07) is 12.3. The standard InChI is InChI=1S/C18H15N3O2S3/c1-2-23-18(22)14-10-25-17(20-14)13-9-11-5-3-6-12(16(11)19-13)21-26-15-7-4-8-24-15/h3-10,19,21H,2H2,1H3. The Hall–Kier alpha value is -2.29. The van der Waals surface area contributed by atoms with Gasteiger partial charge in [0.05, 0.1) is 27.7 Å². The van der Waals surface area contributed by atoms with Crippen LogP contribution in [0.5, 0.6) is 0 Å². The van der Waals surface area contributed by atoms with Crippen LogP contribution in [0.15, 0.2) is 51.4 Å². The van der Waals surface area contributed by atoms with E-state index in [4.69, 9.17) is 4.74 Å². The van der Waals surface area contributed by atoms with Gasteiger partial charge in [0.1, 0.15) is 5.01 Å². The number of hydrogen-bond acceptors (Lipinski definition) is 7. The van der Waals surface area contributed by atoms with Crippen LogP contribution in [0, 0.1) is 0 Å². The average molecular weight is 402 g/mol. The third kappa shape index (κ3) is 3.48. The van der Waals surface area contributed by atoms with Crippen LogP contribution in [-0.2, 0) is 4.74 Å². The maximum absolute atomic E-state index is 11.8. The summed E-state index contributed by atoms with van der Waals surface area (Å²) in [4.78, 5) is 19.6. The Morgan fingerprint density at radius 2 is 2.23 bits per heavy atom. The van der Waals surface area contributed by atoms with Gasteiger partial charge in [0.25, 0.3) is 0 Å². The Balaban J connectivity index is 1.61. The Morgan fingerprint density at radius 1 is 1.31 bits per heavy atom. The number of anilines is 1. The SMILES string of the molecule is CCOC(=O)c1csc(-c2cc3cccc(NSc4cccs4)c3[nH]2)n1. The highest BCUT2D eigenvalue weighted by molar-refractivity contribution is 8.02. The second kappa shape index (κ2) is 7.53. The molecular weight excluding hydrogens is 386 g/mol. The van der Waals surface area contributed by atoms with Gasteiger partial charge in [0.15, 0.2) is 5.69 Å². The highest BCUT2D eigenvalue weighted by atomic mass is 32.2. The number of fused-ring (bicyclic) bond motifs is 1. The minimum atomic E-state index is -0.388. The molecule has 0 bridgehead atoms. The van der Waals surface area contributed by atoms with Crippen molar-refractivity contribution in [2.24, 2.45) is 0 Å². The lowest BCUT2D eigenvalue weighted by Gasteiger charge is -2.04. The van der Waals surface area contributed by atoms with Crippen LogP contribution in [0.1, 0.15) is 17.4 Å². The molecule has 0 saturated carbocycles. The Morgan fingerprint density at radius 3 is 3.04 bits per heavy atom. The molecule has 1 aromatic carbocycles. The smallest absolute Gasteiger partial charge is 0.357 e. The number of H-pyrrole nitrogens is 1. The third-order valence-electron chi connectivity index (χ3n) is 3.63. The first-order valence-electron chi connectivity index (χ1n) is 7.95. The molecule has 3 aromatic heterocycles. The van der Waals surface area contributed by atoms with Crippen molar-refractivity contribution >= 4 is 57.2 Å². The van der Waals surface area contributed by atoms with Gasteiger partial charge in [-0.1, -0.05) is 18.2 Å². The number of hydrogen-bond donors (Lipinski definition) is 2. The molecule has 0 saturated heterocycles. The number of aromatic amines is 1. The second-order valence-electron chi connectivity index (χ2n) is 5.35. The summed E-state index contributed by atoms with van der Waals surface area (Å²) in [6.07, 6.45) is 0. The summed E-state index contributed by atoms with van der Waals surface area (Å²) in [5.41, 5.74) is 3.25. The van der Waals surface area contributed by atoms with Gasteiger partial charge in [-0.15, -0.1) is 22.7 Å². The number of ether oxygens (including phenoxy) is 1. The van der Waals surface area contributed by atoms with E-state index in [0.717, 1.165) is 27.3 Å². The number of carbonyl (C=O) groups is 1. The first kappa shape index (κ1) is 17.1. The van der Waals surface area contributed by atoms with Crippen LogP contribution in [-0.4, -0.2) is 22.5 Å². The number of aromatic nitrogens is 2. The quantitative estimate of drug-likeness (QED) is 0.323. The molecule has 0 atom stereocenters. The number of carbonyl (C=O) groups excluding carboxylic acids is 1. The lowest BCUT2D eigenvalue weighted by molar-refractivity contribution is 0.0520. The summed E-state index contributed by atoms with van der Waals surface area (Å²) < 4.78 is 9.61. The molecule has 8 heteroatoms. The van der Waals surface area contributed by atoms with Crippen molar-refractivity contribution in [2.75, 3.05) is 11.3 Å². The number of nitrogens with one attached hydrogen (secondary N) is 2. The summed E-state index contributed by atoms with van der Waals surface area (Å²) in [5.74, 6) is -0.388. The van der Waals surface area contributed by atoms with Gasteiger partial charge in [0.2, 0.25) is 0 Å². The number of para-hydroxylation sites is 1. The minimum absolute atomic E-state index is 0.342. The van der Waals surface area contributed by atoms with Crippen molar-refractivity contribution in [3.8, 4) is 10.7 Å². The minimum Gasteiger partial charge on any atom is -0.461 e. The van der Waals surface area contributed by atoms with Gasteiger partial charge in [0, 0.05) is 10.8 Å². The van der Waals surface area contributed by atoms with E-state index >= 15 is 0 Å². The van der Waals surface area contributed by atoms with Gasteiger partial charge in [-0.3, -0.25) is 0 Å².